The fourth-order valence-corrected chi connectivity index (χ4v) is 2.59. The molecule has 2 aromatic rings. The molecule has 0 radical (unpaired) electrons. The van der Waals surface area contributed by atoms with Crippen LogP contribution < -0.4 is 0 Å². The molecule has 23 heavy (non-hydrogen) atoms. The Labute approximate surface area is 135 Å². The molecule has 2 rings (SSSR count). The molecule has 0 fully saturated rings. The number of carbonyl (C=O) groups excluding carboxylic acids is 1. The van der Waals surface area contributed by atoms with Crippen LogP contribution >= 0.6 is 0 Å². The van der Waals surface area contributed by atoms with E-state index >= 15 is 0 Å². The Hall–Kier alpha value is -2.62. The van der Waals surface area contributed by atoms with Crippen molar-refractivity contribution in [3.05, 3.63) is 70.8 Å². The summed E-state index contributed by atoms with van der Waals surface area (Å²) in [6.45, 7) is 0. The van der Waals surface area contributed by atoms with Crippen LogP contribution in [0.5, 0.6) is 0 Å². The van der Waals surface area contributed by atoms with Gasteiger partial charge in [-0.1, -0.05) is 42.5 Å². The van der Waals surface area contributed by atoms with Gasteiger partial charge in [0.25, 0.3) is 0 Å². The largest absolute Gasteiger partial charge is 0.478 e. The van der Waals surface area contributed by atoms with Crippen molar-refractivity contribution in [2.24, 2.45) is 0 Å². The molecule has 0 heterocycles. The second-order valence-corrected chi connectivity index (χ2v) is 5.34. The fourth-order valence-electron chi connectivity index (χ4n) is 2.59. The van der Waals surface area contributed by atoms with Gasteiger partial charge in [-0.25, -0.2) is 4.79 Å². The first-order valence-electron chi connectivity index (χ1n) is 7.56. The van der Waals surface area contributed by atoms with Gasteiger partial charge in [0.1, 0.15) is 0 Å². The Morgan fingerprint density at radius 1 is 0.957 bits per heavy atom. The Balaban J connectivity index is 2.15. The van der Waals surface area contributed by atoms with E-state index in [1.807, 2.05) is 36.4 Å². The van der Waals surface area contributed by atoms with Crippen molar-refractivity contribution in [2.45, 2.75) is 25.7 Å². The number of aromatic carboxylic acids is 1. The maximum Gasteiger partial charge on any atom is 0.335 e. The van der Waals surface area contributed by atoms with E-state index in [1.165, 1.54) is 7.11 Å². The highest BCUT2D eigenvalue weighted by Crippen LogP contribution is 2.19. The summed E-state index contributed by atoms with van der Waals surface area (Å²) in [7, 11) is 1.39. The lowest BCUT2D eigenvalue weighted by atomic mass is 9.94. The number of carbonyl (C=O) groups is 2. The van der Waals surface area contributed by atoms with Gasteiger partial charge in [0, 0.05) is 6.42 Å². The number of aryl methyl sites for hydroxylation is 1. The van der Waals surface area contributed by atoms with Crippen LogP contribution in [0.25, 0.3) is 0 Å². The molecule has 0 aromatic heterocycles. The normalized spacial score (nSPS) is 10.3. The molecule has 120 valence electrons. The Kier molecular flexibility index (Phi) is 5.92. The van der Waals surface area contributed by atoms with Crippen LogP contribution in [0.3, 0.4) is 0 Å². The molecule has 0 atom stereocenters. The van der Waals surface area contributed by atoms with E-state index in [9.17, 15) is 14.7 Å². The molecular weight excluding hydrogens is 292 g/mol. The second-order valence-electron chi connectivity index (χ2n) is 5.34. The third kappa shape index (κ3) is 4.68. The first kappa shape index (κ1) is 16.7. The lowest BCUT2D eigenvalue weighted by Gasteiger charge is -2.11. The van der Waals surface area contributed by atoms with Crippen molar-refractivity contribution < 1.29 is 19.4 Å². The van der Waals surface area contributed by atoms with E-state index < -0.39 is 5.97 Å². The lowest BCUT2D eigenvalue weighted by Crippen LogP contribution is -2.05. The summed E-state index contributed by atoms with van der Waals surface area (Å²) in [5.41, 5.74) is 3.35. The highest BCUT2D eigenvalue weighted by atomic mass is 16.5. The molecule has 2 aromatic carbocycles. The van der Waals surface area contributed by atoms with E-state index in [2.05, 4.69) is 4.74 Å². The summed E-state index contributed by atoms with van der Waals surface area (Å²) in [6.07, 6.45) is 2.43. The molecular formula is C19H20O4. The minimum atomic E-state index is -0.913. The number of hydrogen-bond donors (Lipinski definition) is 1. The average molecular weight is 312 g/mol. The number of ether oxygens (including phenoxy) is 1. The minimum Gasteiger partial charge on any atom is -0.478 e. The number of methoxy groups -OCH3 is 1. The Morgan fingerprint density at radius 3 is 2.22 bits per heavy atom. The maximum absolute atomic E-state index is 11.3. The number of esters is 1. The summed E-state index contributed by atoms with van der Waals surface area (Å²) in [5, 5.41) is 9.29. The fraction of sp³-hybridized carbons (Fsp3) is 0.263. The molecule has 1 N–H and O–H groups in total. The van der Waals surface area contributed by atoms with Gasteiger partial charge in [-0.3, -0.25) is 4.79 Å². The zero-order chi connectivity index (χ0) is 16.7. The van der Waals surface area contributed by atoms with Gasteiger partial charge in [0.15, 0.2) is 0 Å². The van der Waals surface area contributed by atoms with Crippen LogP contribution in [0.4, 0.5) is 0 Å². The van der Waals surface area contributed by atoms with Crippen LogP contribution in [-0.2, 0) is 22.4 Å². The topological polar surface area (TPSA) is 63.6 Å². The lowest BCUT2D eigenvalue weighted by molar-refractivity contribution is -0.140. The van der Waals surface area contributed by atoms with Crippen LogP contribution in [0.2, 0.25) is 0 Å². The quantitative estimate of drug-likeness (QED) is 0.795. The zero-order valence-electron chi connectivity index (χ0n) is 13.1. The highest BCUT2D eigenvalue weighted by Gasteiger charge is 2.11. The van der Waals surface area contributed by atoms with E-state index in [-0.39, 0.29) is 5.97 Å². The van der Waals surface area contributed by atoms with Crippen LogP contribution in [0.15, 0.2) is 48.5 Å². The molecule has 0 bridgehead atoms. The molecule has 0 spiro atoms. The maximum atomic E-state index is 11.3. The van der Waals surface area contributed by atoms with Crippen molar-refractivity contribution >= 4 is 11.9 Å². The second kappa shape index (κ2) is 8.13. The standard InChI is InChI=1S/C19H20O4/c1-23-18(20)12-6-10-14-7-2-3-8-15(14)13-16-9-4-5-11-17(16)19(21)22/h2-5,7-9,11H,6,10,12-13H2,1H3,(H,21,22). The minimum absolute atomic E-state index is 0.210. The summed E-state index contributed by atoms with van der Waals surface area (Å²) in [5.74, 6) is -1.12. The number of rotatable bonds is 7. The average Bonchev–Trinajstić information content (AvgIpc) is 2.56. The Bertz CT molecular complexity index is 691. The number of carboxylic acid groups (broad SMARTS) is 1. The molecule has 0 amide bonds. The van der Waals surface area contributed by atoms with Crippen molar-refractivity contribution in [3.63, 3.8) is 0 Å². The molecule has 0 aliphatic rings. The SMILES string of the molecule is COC(=O)CCCc1ccccc1Cc1ccccc1C(=O)O. The van der Waals surface area contributed by atoms with Gasteiger partial charge in [0.2, 0.25) is 0 Å². The van der Waals surface area contributed by atoms with Crippen LogP contribution in [0, 0.1) is 0 Å². The molecule has 0 unspecified atom stereocenters. The molecule has 4 heteroatoms. The summed E-state index contributed by atoms with van der Waals surface area (Å²) >= 11 is 0. The third-order valence-corrected chi connectivity index (χ3v) is 3.80. The molecule has 4 nitrogen and oxygen atoms in total. The van der Waals surface area contributed by atoms with Gasteiger partial charge >= 0.3 is 11.9 Å². The van der Waals surface area contributed by atoms with Crippen LogP contribution in [0.1, 0.15) is 39.9 Å². The summed E-state index contributed by atoms with van der Waals surface area (Å²) in [4.78, 5) is 22.5. The first-order chi connectivity index (χ1) is 11.1. The summed E-state index contributed by atoms with van der Waals surface area (Å²) in [6, 6.07) is 15.0. The molecule has 0 aliphatic heterocycles. The Morgan fingerprint density at radius 2 is 1.57 bits per heavy atom. The monoisotopic (exact) mass is 312 g/mol. The van der Waals surface area contributed by atoms with Gasteiger partial charge < -0.3 is 9.84 Å². The van der Waals surface area contributed by atoms with Gasteiger partial charge in [-0.05, 0) is 42.0 Å². The van der Waals surface area contributed by atoms with Crippen molar-refractivity contribution in [1.29, 1.82) is 0 Å². The first-order valence-corrected chi connectivity index (χ1v) is 7.56. The molecule has 0 saturated carbocycles. The zero-order valence-corrected chi connectivity index (χ0v) is 13.1. The van der Waals surface area contributed by atoms with E-state index in [4.69, 9.17) is 0 Å². The number of benzene rings is 2. The van der Waals surface area contributed by atoms with Gasteiger partial charge in [-0.15, -0.1) is 0 Å². The van der Waals surface area contributed by atoms with Crippen molar-refractivity contribution in [1.82, 2.24) is 0 Å². The predicted octanol–water partition coefficient (Wildman–Crippen LogP) is 3.47. The summed E-state index contributed by atoms with van der Waals surface area (Å²) < 4.78 is 4.65. The predicted molar refractivity (Wildman–Crippen MR) is 87.6 cm³/mol. The van der Waals surface area contributed by atoms with Gasteiger partial charge in [-0.2, -0.15) is 0 Å². The van der Waals surface area contributed by atoms with E-state index in [0.717, 1.165) is 23.1 Å². The highest BCUT2D eigenvalue weighted by molar-refractivity contribution is 5.89. The molecule has 0 saturated heterocycles. The van der Waals surface area contributed by atoms with E-state index in [1.54, 1.807) is 12.1 Å². The van der Waals surface area contributed by atoms with Crippen molar-refractivity contribution in [3.8, 4) is 0 Å². The number of carboxylic acids is 1. The van der Waals surface area contributed by atoms with E-state index in [0.29, 0.717) is 24.8 Å². The molecule has 0 aliphatic carbocycles. The van der Waals surface area contributed by atoms with Crippen molar-refractivity contribution in [2.75, 3.05) is 7.11 Å². The smallest absolute Gasteiger partial charge is 0.335 e. The third-order valence-electron chi connectivity index (χ3n) is 3.80. The van der Waals surface area contributed by atoms with Gasteiger partial charge in [0.05, 0.1) is 12.7 Å². The number of hydrogen-bond acceptors (Lipinski definition) is 3. The van der Waals surface area contributed by atoms with Crippen LogP contribution in [-0.4, -0.2) is 24.2 Å².